The van der Waals surface area contributed by atoms with E-state index in [-0.39, 0.29) is 13.2 Å². The molecule has 0 aromatic heterocycles. The topological polar surface area (TPSA) is 68.3 Å². The third-order valence-corrected chi connectivity index (χ3v) is 1.63. The van der Waals surface area contributed by atoms with E-state index in [9.17, 15) is 13.2 Å². The van der Waals surface area contributed by atoms with Crippen molar-refractivity contribution in [1.29, 1.82) is 5.41 Å². The predicted octanol–water partition coefficient (Wildman–Crippen LogP) is 1.15. The summed E-state index contributed by atoms with van der Waals surface area (Å²) in [4.78, 5) is 0. The molecule has 0 saturated carbocycles. The summed E-state index contributed by atoms with van der Waals surface area (Å²) in [6.07, 6.45) is -4.53. The maximum atomic E-state index is 12.2. The van der Waals surface area contributed by atoms with Crippen LogP contribution in [0.1, 0.15) is 6.92 Å². The Balaban J connectivity index is 3.84. The van der Waals surface area contributed by atoms with Gasteiger partial charge in [-0.2, -0.15) is 13.2 Å². The molecule has 0 amide bonds. The highest BCUT2D eigenvalue weighted by Crippen LogP contribution is 2.26. The molecule has 0 aromatic carbocycles. The maximum Gasteiger partial charge on any atom is 0.400 e. The van der Waals surface area contributed by atoms with Crippen molar-refractivity contribution in [2.75, 3.05) is 26.4 Å². The van der Waals surface area contributed by atoms with Gasteiger partial charge >= 0.3 is 6.18 Å². The number of hydrogen-bond acceptors (Lipinski definition) is 3. The SMILES string of the molecule is CCOCCOCC(C(=N)N)C(F)(F)F. The molecule has 3 N–H and O–H groups in total. The molecule has 1 unspecified atom stereocenters. The number of alkyl halides is 3. The fraction of sp³-hybridized carbons (Fsp3) is 0.875. The molecule has 1 atom stereocenters. The molecular formula is C8H15F3N2O2. The molecule has 0 saturated heterocycles. The summed E-state index contributed by atoms with van der Waals surface area (Å²) in [5.74, 6) is -2.96. The van der Waals surface area contributed by atoms with E-state index in [0.717, 1.165) is 0 Å². The minimum Gasteiger partial charge on any atom is -0.387 e. The van der Waals surface area contributed by atoms with Crippen LogP contribution in [0.2, 0.25) is 0 Å². The molecule has 4 nitrogen and oxygen atoms in total. The highest BCUT2D eigenvalue weighted by molar-refractivity contribution is 5.80. The van der Waals surface area contributed by atoms with Crippen molar-refractivity contribution in [2.45, 2.75) is 13.1 Å². The number of amidine groups is 1. The summed E-state index contributed by atoms with van der Waals surface area (Å²) < 4.78 is 46.2. The second-order valence-corrected chi connectivity index (χ2v) is 2.82. The first kappa shape index (κ1) is 14.2. The zero-order chi connectivity index (χ0) is 11.9. The second kappa shape index (κ2) is 6.62. The van der Waals surface area contributed by atoms with Crippen LogP contribution in [0.5, 0.6) is 0 Å². The Hall–Kier alpha value is -0.820. The van der Waals surface area contributed by atoms with E-state index >= 15 is 0 Å². The Bertz CT molecular complexity index is 197. The maximum absolute atomic E-state index is 12.2. The Morgan fingerprint density at radius 3 is 2.27 bits per heavy atom. The summed E-state index contributed by atoms with van der Waals surface area (Å²) in [6.45, 7) is 1.92. The third-order valence-electron chi connectivity index (χ3n) is 1.63. The van der Waals surface area contributed by atoms with Crippen LogP contribution in [0.4, 0.5) is 13.2 Å². The van der Waals surface area contributed by atoms with Gasteiger partial charge in [0.25, 0.3) is 0 Å². The van der Waals surface area contributed by atoms with Gasteiger partial charge < -0.3 is 15.2 Å². The van der Waals surface area contributed by atoms with Gasteiger partial charge in [0.05, 0.1) is 19.8 Å². The minimum atomic E-state index is -4.53. The standard InChI is InChI=1S/C8H15F3N2O2/c1-2-14-3-4-15-5-6(7(12)13)8(9,10)11/h6H,2-5H2,1H3,(H3,12,13). The van der Waals surface area contributed by atoms with Crippen LogP contribution in [0, 0.1) is 11.3 Å². The molecule has 0 aliphatic carbocycles. The van der Waals surface area contributed by atoms with Gasteiger partial charge in [-0.3, -0.25) is 5.41 Å². The van der Waals surface area contributed by atoms with E-state index in [0.29, 0.717) is 6.61 Å². The van der Waals surface area contributed by atoms with Crippen LogP contribution in [-0.2, 0) is 9.47 Å². The van der Waals surface area contributed by atoms with Crippen molar-refractivity contribution in [3.8, 4) is 0 Å². The molecule has 90 valence electrons. The first-order chi connectivity index (χ1) is 6.89. The highest BCUT2D eigenvalue weighted by Gasteiger charge is 2.41. The van der Waals surface area contributed by atoms with Gasteiger partial charge in [-0.15, -0.1) is 0 Å². The average Bonchev–Trinajstić information content (AvgIpc) is 2.08. The minimum absolute atomic E-state index is 0.0632. The molecular weight excluding hydrogens is 213 g/mol. The lowest BCUT2D eigenvalue weighted by molar-refractivity contribution is -0.169. The third kappa shape index (κ3) is 6.29. The zero-order valence-electron chi connectivity index (χ0n) is 8.43. The summed E-state index contributed by atoms with van der Waals surface area (Å²) in [6, 6.07) is 0. The van der Waals surface area contributed by atoms with Gasteiger partial charge in [-0.25, -0.2) is 0 Å². The fourth-order valence-corrected chi connectivity index (χ4v) is 0.824. The molecule has 0 bridgehead atoms. The summed E-state index contributed by atoms with van der Waals surface area (Å²) >= 11 is 0. The van der Waals surface area contributed by atoms with E-state index < -0.39 is 24.5 Å². The van der Waals surface area contributed by atoms with Crippen molar-refractivity contribution < 1.29 is 22.6 Å². The largest absolute Gasteiger partial charge is 0.400 e. The van der Waals surface area contributed by atoms with Crippen molar-refractivity contribution >= 4 is 5.84 Å². The monoisotopic (exact) mass is 228 g/mol. The van der Waals surface area contributed by atoms with Crippen LogP contribution < -0.4 is 5.73 Å². The van der Waals surface area contributed by atoms with Crippen molar-refractivity contribution in [3.05, 3.63) is 0 Å². The first-order valence-electron chi connectivity index (χ1n) is 4.45. The Morgan fingerprint density at radius 2 is 1.87 bits per heavy atom. The van der Waals surface area contributed by atoms with Gasteiger partial charge in [-0.1, -0.05) is 0 Å². The number of hydrogen-bond donors (Lipinski definition) is 2. The summed E-state index contributed by atoms with van der Waals surface area (Å²) in [7, 11) is 0. The average molecular weight is 228 g/mol. The fourth-order valence-electron chi connectivity index (χ4n) is 0.824. The quantitative estimate of drug-likeness (QED) is 0.390. The number of halogens is 3. The van der Waals surface area contributed by atoms with Gasteiger partial charge in [0.15, 0.2) is 0 Å². The highest BCUT2D eigenvalue weighted by atomic mass is 19.4. The van der Waals surface area contributed by atoms with E-state index in [4.69, 9.17) is 20.6 Å². The zero-order valence-corrected chi connectivity index (χ0v) is 8.43. The van der Waals surface area contributed by atoms with Crippen LogP contribution >= 0.6 is 0 Å². The van der Waals surface area contributed by atoms with Gasteiger partial charge in [-0.05, 0) is 6.92 Å². The number of nitrogens with one attached hydrogen (secondary N) is 1. The molecule has 0 heterocycles. The molecule has 0 aromatic rings. The number of ether oxygens (including phenoxy) is 2. The van der Waals surface area contributed by atoms with Gasteiger partial charge in [0, 0.05) is 6.61 Å². The smallest absolute Gasteiger partial charge is 0.387 e. The summed E-state index contributed by atoms with van der Waals surface area (Å²) in [5, 5.41) is 6.77. The van der Waals surface area contributed by atoms with Crippen molar-refractivity contribution in [2.24, 2.45) is 11.7 Å². The Labute approximate surface area is 86.0 Å². The van der Waals surface area contributed by atoms with Crippen LogP contribution in [0.3, 0.4) is 0 Å². The molecule has 0 rings (SSSR count). The van der Waals surface area contributed by atoms with E-state index in [1.165, 1.54) is 0 Å². The molecule has 0 radical (unpaired) electrons. The van der Waals surface area contributed by atoms with Gasteiger partial charge in [0.2, 0.25) is 0 Å². The molecule has 15 heavy (non-hydrogen) atoms. The van der Waals surface area contributed by atoms with E-state index in [1.54, 1.807) is 6.92 Å². The van der Waals surface area contributed by atoms with Crippen molar-refractivity contribution in [3.63, 3.8) is 0 Å². The van der Waals surface area contributed by atoms with E-state index in [2.05, 4.69) is 0 Å². The molecule has 0 spiro atoms. The van der Waals surface area contributed by atoms with Gasteiger partial charge in [0.1, 0.15) is 11.8 Å². The first-order valence-corrected chi connectivity index (χ1v) is 4.45. The van der Waals surface area contributed by atoms with Crippen LogP contribution in [0.15, 0.2) is 0 Å². The lowest BCUT2D eigenvalue weighted by Gasteiger charge is -2.18. The lowest BCUT2D eigenvalue weighted by Crippen LogP contribution is -2.38. The molecule has 7 heteroatoms. The normalized spacial score (nSPS) is 13.9. The molecule has 0 aliphatic heterocycles. The van der Waals surface area contributed by atoms with Crippen LogP contribution in [0.25, 0.3) is 0 Å². The summed E-state index contributed by atoms with van der Waals surface area (Å²) in [5.41, 5.74) is 4.82. The number of rotatable bonds is 7. The Kier molecular flexibility index (Phi) is 6.26. The lowest BCUT2D eigenvalue weighted by atomic mass is 10.1. The van der Waals surface area contributed by atoms with Crippen molar-refractivity contribution in [1.82, 2.24) is 0 Å². The predicted molar refractivity (Wildman–Crippen MR) is 48.8 cm³/mol. The van der Waals surface area contributed by atoms with E-state index in [1.807, 2.05) is 0 Å². The number of nitrogens with two attached hydrogens (primary N) is 1. The second-order valence-electron chi connectivity index (χ2n) is 2.82. The molecule has 0 fully saturated rings. The Morgan fingerprint density at radius 1 is 1.33 bits per heavy atom. The van der Waals surface area contributed by atoms with Crippen LogP contribution in [-0.4, -0.2) is 38.4 Å². The molecule has 0 aliphatic rings.